The van der Waals surface area contributed by atoms with Crippen LogP contribution in [0.2, 0.25) is 0 Å². The van der Waals surface area contributed by atoms with Crippen molar-refractivity contribution >= 4 is 40.5 Å². The molecule has 3 aromatic rings. The van der Waals surface area contributed by atoms with Crippen LogP contribution >= 0.6 is 12.2 Å². The van der Waals surface area contributed by atoms with Gasteiger partial charge >= 0.3 is 0 Å². The van der Waals surface area contributed by atoms with Gasteiger partial charge in [-0.25, -0.2) is 4.98 Å². The van der Waals surface area contributed by atoms with Crippen molar-refractivity contribution in [2.24, 2.45) is 0 Å². The normalized spacial score (nSPS) is 18.2. The molecule has 5 rings (SSSR count). The average molecular weight is 562 g/mol. The first kappa shape index (κ1) is 27.6. The summed E-state index contributed by atoms with van der Waals surface area (Å²) < 4.78 is 5.78. The lowest BCUT2D eigenvalue weighted by molar-refractivity contribution is -0.384. The van der Waals surface area contributed by atoms with Crippen LogP contribution in [-0.4, -0.2) is 46.2 Å². The second-order valence-corrected chi connectivity index (χ2v) is 11.0. The second-order valence-electron chi connectivity index (χ2n) is 10.6. The first-order chi connectivity index (χ1) is 19.3. The van der Waals surface area contributed by atoms with Crippen molar-refractivity contribution in [1.82, 2.24) is 15.3 Å². The maximum atomic E-state index is 10.8. The number of aromatic nitrogens is 2. The lowest BCUT2D eigenvalue weighted by Gasteiger charge is -2.31. The second kappa shape index (κ2) is 12.5. The fourth-order valence-electron chi connectivity index (χ4n) is 5.30. The highest BCUT2D eigenvalue weighted by Crippen LogP contribution is 2.30. The Balaban J connectivity index is 1.08. The summed E-state index contributed by atoms with van der Waals surface area (Å²) in [5.74, 6) is 2.96. The molecule has 2 aromatic carbocycles. The fourth-order valence-corrected chi connectivity index (χ4v) is 5.59. The van der Waals surface area contributed by atoms with E-state index in [0.717, 1.165) is 56.0 Å². The van der Waals surface area contributed by atoms with Gasteiger partial charge in [-0.1, -0.05) is 0 Å². The molecular weight excluding hydrogens is 526 g/mol. The fraction of sp³-hybridized carbons (Fsp3) is 0.414. The maximum absolute atomic E-state index is 10.8. The van der Waals surface area contributed by atoms with Crippen LogP contribution in [0.4, 0.5) is 23.1 Å². The summed E-state index contributed by atoms with van der Waals surface area (Å²) in [6.45, 7) is 0. The van der Waals surface area contributed by atoms with E-state index in [-0.39, 0.29) is 5.69 Å². The molecule has 0 unspecified atom stereocenters. The smallest absolute Gasteiger partial charge is 0.269 e. The number of hydrogen-bond donors (Lipinski definition) is 3. The van der Waals surface area contributed by atoms with Gasteiger partial charge in [0.1, 0.15) is 17.3 Å². The van der Waals surface area contributed by atoms with E-state index in [1.54, 1.807) is 12.1 Å². The quantitative estimate of drug-likeness (QED) is 0.176. The molecule has 2 aliphatic carbocycles. The lowest BCUT2D eigenvalue weighted by Crippen LogP contribution is -2.42. The molecule has 210 valence electrons. The average Bonchev–Trinajstić information content (AvgIpc) is 2.95. The molecule has 0 aliphatic heterocycles. The molecule has 11 heteroatoms. The van der Waals surface area contributed by atoms with E-state index in [0.29, 0.717) is 28.7 Å². The van der Waals surface area contributed by atoms with Gasteiger partial charge in [0, 0.05) is 49.6 Å². The van der Waals surface area contributed by atoms with Gasteiger partial charge in [0.05, 0.1) is 10.6 Å². The first-order valence-electron chi connectivity index (χ1n) is 13.8. The number of nitro benzene ring substituents is 1. The first-order valence-corrected chi connectivity index (χ1v) is 14.2. The topological polar surface area (TPSA) is 117 Å². The number of nitrogens with one attached hydrogen (secondary N) is 3. The Labute approximate surface area is 239 Å². The van der Waals surface area contributed by atoms with Crippen LogP contribution in [0.25, 0.3) is 0 Å². The van der Waals surface area contributed by atoms with Crippen molar-refractivity contribution in [3.63, 3.8) is 0 Å². The van der Waals surface area contributed by atoms with Gasteiger partial charge in [-0.05, 0) is 100.0 Å². The number of rotatable bonds is 8. The number of fused-ring (bicyclic) bond motifs is 1. The highest BCUT2D eigenvalue weighted by Gasteiger charge is 2.24. The molecule has 1 aromatic heterocycles. The van der Waals surface area contributed by atoms with E-state index in [1.165, 1.54) is 36.2 Å². The number of nitrogens with zero attached hydrogens (tertiary/aromatic N) is 4. The Morgan fingerprint density at radius 2 is 1.57 bits per heavy atom. The Morgan fingerprint density at radius 3 is 2.23 bits per heavy atom. The molecule has 0 saturated heterocycles. The minimum atomic E-state index is -0.435. The van der Waals surface area contributed by atoms with E-state index in [9.17, 15) is 10.1 Å². The van der Waals surface area contributed by atoms with E-state index >= 15 is 0 Å². The lowest BCUT2D eigenvalue weighted by atomic mass is 9.91. The summed E-state index contributed by atoms with van der Waals surface area (Å²) in [7, 11) is 4.11. The van der Waals surface area contributed by atoms with Crippen LogP contribution in [0.15, 0.2) is 48.5 Å². The Hall–Kier alpha value is -3.99. The summed E-state index contributed by atoms with van der Waals surface area (Å²) in [6, 6.07) is 14.1. The predicted molar refractivity (Wildman–Crippen MR) is 162 cm³/mol. The highest BCUT2D eigenvalue weighted by molar-refractivity contribution is 7.80. The van der Waals surface area contributed by atoms with Gasteiger partial charge in [-0.2, -0.15) is 4.98 Å². The zero-order chi connectivity index (χ0) is 28.1. The third-order valence-corrected chi connectivity index (χ3v) is 7.60. The SMILES string of the molecule is CN(C)c1nc(N[C@H]2CC[C@@H](NC(=S)Nc3ccc(Oc4ccc([N+](=O)[O-])cc4)cc3)CC2)nc2c1CCCC2. The summed E-state index contributed by atoms with van der Waals surface area (Å²) in [6.07, 6.45) is 8.56. The number of ether oxygens (including phenoxy) is 1. The van der Waals surface area contributed by atoms with Crippen LogP contribution in [0.5, 0.6) is 11.5 Å². The largest absolute Gasteiger partial charge is 0.457 e. The minimum absolute atomic E-state index is 0.0275. The standard InChI is InChI=1S/C29H35N7O3S/c1-35(2)27-25-5-3-4-6-26(25)33-28(34-27)30-19-7-9-20(10-8-19)31-29(40)32-21-11-15-23(16-12-21)39-24-17-13-22(14-18-24)36(37)38/h11-20H,3-10H2,1-2H3,(H,30,33,34)(H2,31,32,40)/t19-,20+. The van der Waals surface area contributed by atoms with Crippen molar-refractivity contribution in [3.05, 3.63) is 69.9 Å². The third-order valence-electron chi connectivity index (χ3n) is 7.38. The van der Waals surface area contributed by atoms with Crippen LogP contribution in [-0.2, 0) is 12.8 Å². The van der Waals surface area contributed by atoms with Gasteiger partial charge in [0.2, 0.25) is 5.95 Å². The molecule has 3 N–H and O–H groups in total. The van der Waals surface area contributed by atoms with Crippen molar-refractivity contribution in [2.75, 3.05) is 29.6 Å². The summed E-state index contributed by atoms with van der Waals surface area (Å²) in [5, 5.41) is 21.7. The zero-order valence-corrected chi connectivity index (χ0v) is 23.7. The number of non-ortho nitro benzene ring substituents is 1. The Bertz CT molecular complexity index is 1340. The molecule has 0 bridgehead atoms. The zero-order valence-electron chi connectivity index (χ0n) is 22.9. The summed E-state index contributed by atoms with van der Waals surface area (Å²) in [5.41, 5.74) is 3.39. The van der Waals surface area contributed by atoms with Crippen LogP contribution < -0.4 is 25.6 Å². The van der Waals surface area contributed by atoms with E-state index in [4.69, 9.17) is 26.9 Å². The number of benzene rings is 2. The highest BCUT2D eigenvalue weighted by atomic mass is 32.1. The molecule has 10 nitrogen and oxygen atoms in total. The minimum Gasteiger partial charge on any atom is -0.457 e. The van der Waals surface area contributed by atoms with Crippen LogP contribution in [0, 0.1) is 10.1 Å². The van der Waals surface area contributed by atoms with E-state index < -0.39 is 4.92 Å². The van der Waals surface area contributed by atoms with Gasteiger partial charge in [0.25, 0.3) is 5.69 Å². The molecule has 1 heterocycles. The molecule has 0 amide bonds. The predicted octanol–water partition coefficient (Wildman–Crippen LogP) is 5.83. The monoisotopic (exact) mass is 561 g/mol. The maximum Gasteiger partial charge on any atom is 0.269 e. The third kappa shape index (κ3) is 6.95. The number of hydrogen-bond acceptors (Lipinski definition) is 8. The van der Waals surface area contributed by atoms with Crippen LogP contribution in [0.1, 0.15) is 49.8 Å². The molecule has 0 atom stereocenters. The Morgan fingerprint density at radius 1 is 0.950 bits per heavy atom. The number of thiocarbonyl (C=S) groups is 1. The molecule has 1 fully saturated rings. The van der Waals surface area contributed by atoms with Crippen molar-refractivity contribution in [2.45, 2.75) is 63.5 Å². The Kier molecular flexibility index (Phi) is 8.59. The van der Waals surface area contributed by atoms with Crippen molar-refractivity contribution in [1.29, 1.82) is 0 Å². The van der Waals surface area contributed by atoms with E-state index in [1.807, 2.05) is 24.3 Å². The molecule has 1 saturated carbocycles. The van der Waals surface area contributed by atoms with Gasteiger partial charge in [-0.3, -0.25) is 10.1 Å². The van der Waals surface area contributed by atoms with Gasteiger partial charge in [0.15, 0.2) is 5.11 Å². The number of aryl methyl sites for hydroxylation is 1. The van der Waals surface area contributed by atoms with Gasteiger partial charge < -0.3 is 25.6 Å². The van der Waals surface area contributed by atoms with Crippen molar-refractivity contribution in [3.8, 4) is 11.5 Å². The summed E-state index contributed by atoms with van der Waals surface area (Å²) in [4.78, 5) is 22.2. The van der Waals surface area contributed by atoms with E-state index in [2.05, 4.69) is 34.9 Å². The molecule has 0 spiro atoms. The van der Waals surface area contributed by atoms with Crippen molar-refractivity contribution < 1.29 is 9.66 Å². The van der Waals surface area contributed by atoms with Crippen LogP contribution in [0.3, 0.4) is 0 Å². The summed E-state index contributed by atoms with van der Waals surface area (Å²) >= 11 is 5.57. The number of anilines is 3. The van der Waals surface area contributed by atoms with Gasteiger partial charge in [-0.15, -0.1) is 0 Å². The molecule has 0 radical (unpaired) electrons. The molecule has 40 heavy (non-hydrogen) atoms. The number of nitro groups is 1. The molecular formula is C29H35N7O3S. The molecule has 2 aliphatic rings.